The number of imidazole rings is 2. The van der Waals surface area contributed by atoms with Crippen molar-refractivity contribution in [3.8, 4) is 11.3 Å². The Morgan fingerprint density at radius 3 is 2.06 bits per heavy atom. The van der Waals surface area contributed by atoms with Gasteiger partial charge < -0.3 is 29.8 Å². The SMILES string of the molecule is CCCN(Cc1ncc(C2CCC(c3ccc(-c4cnc(CN(CCC)C(=O)[C@@H](NC(=O)OC)C(C)C)[nH]4)cc3)CC2)[nH]1)C(=O)CC(C)C. The molecule has 1 aromatic carbocycles. The molecule has 0 spiro atoms. The van der Waals surface area contributed by atoms with E-state index in [2.05, 4.69) is 70.3 Å². The Labute approximate surface area is 292 Å². The lowest BCUT2D eigenvalue weighted by atomic mass is 9.77. The number of benzene rings is 1. The summed E-state index contributed by atoms with van der Waals surface area (Å²) in [7, 11) is 1.29. The van der Waals surface area contributed by atoms with Crippen LogP contribution in [0.3, 0.4) is 0 Å². The number of rotatable bonds is 16. The van der Waals surface area contributed by atoms with E-state index in [0.29, 0.717) is 49.6 Å². The number of hydrogen-bond acceptors (Lipinski definition) is 6. The van der Waals surface area contributed by atoms with Crippen molar-refractivity contribution in [3.63, 3.8) is 0 Å². The van der Waals surface area contributed by atoms with Gasteiger partial charge in [0.25, 0.3) is 0 Å². The molecule has 0 aliphatic heterocycles. The molecule has 3 N–H and O–H groups in total. The van der Waals surface area contributed by atoms with Gasteiger partial charge in [-0.1, -0.05) is 65.8 Å². The standard InChI is InChI=1S/C38H57N7O4/c1-8-18-44(35(46)20-25(3)4)23-33-39-21-31(41-33)29-14-10-27(11-15-29)28-12-16-30(17-13-28)32-22-40-34(42-32)24-45(19-9-2)37(47)36(26(5)6)43-38(48)49-7/h12-13,16-17,21-22,25-27,29,36H,8-11,14-15,18-20,23-24H2,1-7H3,(H,39,41)(H,40,42)(H,43,48)/t27?,29?,36-/m0/s1. The van der Waals surface area contributed by atoms with Crippen LogP contribution in [0.2, 0.25) is 0 Å². The first-order valence-corrected chi connectivity index (χ1v) is 18.1. The Kier molecular flexibility index (Phi) is 13.8. The molecule has 2 aromatic heterocycles. The summed E-state index contributed by atoms with van der Waals surface area (Å²) < 4.78 is 4.74. The van der Waals surface area contributed by atoms with Crippen LogP contribution in [-0.2, 0) is 27.4 Å². The maximum absolute atomic E-state index is 13.4. The molecule has 0 radical (unpaired) electrons. The van der Waals surface area contributed by atoms with Crippen molar-refractivity contribution in [1.29, 1.82) is 0 Å². The van der Waals surface area contributed by atoms with Crippen molar-refractivity contribution in [1.82, 2.24) is 35.1 Å². The molecular formula is C38H57N7O4. The average Bonchev–Trinajstić information content (AvgIpc) is 3.76. The van der Waals surface area contributed by atoms with Gasteiger partial charge in [0.15, 0.2) is 0 Å². The summed E-state index contributed by atoms with van der Waals surface area (Å²) in [4.78, 5) is 57.9. The van der Waals surface area contributed by atoms with Crippen LogP contribution in [0.25, 0.3) is 11.3 Å². The molecule has 0 unspecified atom stereocenters. The molecule has 11 nitrogen and oxygen atoms in total. The second kappa shape index (κ2) is 18.0. The van der Waals surface area contributed by atoms with Crippen LogP contribution in [0.4, 0.5) is 4.79 Å². The van der Waals surface area contributed by atoms with Gasteiger partial charge >= 0.3 is 6.09 Å². The number of aromatic amines is 2. The van der Waals surface area contributed by atoms with E-state index in [1.165, 1.54) is 18.4 Å². The number of hydrogen-bond donors (Lipinski definition) is 3. The molecular weight excluding hydrogens is 618 g/mol. The molecule has 3 amide bonds. The smallest absolute Gasteiger partial charge is 0.407 e. The molecule has 1 fully saturated rings. The van der Waals surface area contributed by atoms with Crippen molar-refractivity contribution in [2.45, 2.75) is 117 Å². The van der Waals surface area contributed by atoms with Crippen molar-refractivity contribution >= 4 is 17.9 Å². The van der Waals surface area contributed by atoms with E-state index in [4.69, 9.17) is 4.74 Å². The summed E-state index contributed by atoms with van der Waals surface area (Å²) in [6.07, 6.45) is 9.89. The van der Waals surface area contributed by atoms with E-state index in [0.717, 1.165) is 62.2 Å². The minimum atomic E-state index is -0.680. The first-order chi connectivity index (χ1) is 23.5. The normalized spacial score (nSPS) is 16.8. The highest BCUT2D eigenvalue weighted by Crippen LogP contribution is 2.40. The van der Waals surface area contributed by atoms with Crippen LogP contribution in [0, 0.1) is 11.8 Å². The Balaban J connectivity index is 1.32. The van der Waals surface area contributed by atoms with Gasteiger partial charge in [-0.15, -0.1) is 0 Å². The minimum absolute atomic E-state index is 0.0934. The van der Waals surface area contributed by atoms with Gasteiger partial charge in [-0.2, -0.15) is 0 Å². The fraction of sp³-hybridized carbons (Fsp3) is 0.605. The number of H-pyrrole nitrogens is 2. The van der Waals surface area contributed by atoms with Crippen LogP contribution >= 0.6 is 0 Å². The second-order valence-electron chi connectivity index (χ2n) is 14.2. The maximum atomic E-state index is 13.4. The molecule has 1 atom stereocenters. The molecule has 2 heterocycles. The second-order valence-corrected chi connectivity index (χ2v) is 14.2. The van der Waals surface area contributed by atoms with Crippen molar-refractivity contribution in [3.05, 3.63) is 59.6 Å². The first-order valence-electron chi connectivity index (χ1n) is 18.1. The lowest BCUT2D eigenvalue weighted by molar-refractivity contribution is -0.135. The number of aromatic nitrogens is 4. The number of amides is 3. The fourth-order valence-corrected chi connectivity index (χ4v) is 6.76. The molecule has 1 aliphatic rings. The Morgan fingerprint density at radius 1 is 0.857 bits per heavy atom. The quantitative estimate of drug-likeness (QED) is 0.148. The van der Waals surface area contributed by atoms with Crippen molar-refractivity contribution in [2.75, 3.05) is 20.2 Å². The molecule has 0 saturated heterocycles. The van der Waals surface area contributed by atoms with E-state index in [9.17, 15) is 14.4 Å². The highest BCUT2D eigenvalue weighted by atomic mass is 16.5. The summed E-state index contributed by atoms with van der Waals surface area (Å²) in [5.74, 6) is 2.84. The van der Waals surface area contributed by atoms with Crippen molar-refractivity contribution < 1.29 is 19.1 Å². The minimum Gasteiger partial charge on any atom is -0.453 e. The van der Waals surface area contributed by atoms with E-state index < -0.39 is 12.1 Å². The van der Waals surface area contributed by atoms with Gasteiger partial charge in [0.05, 0.1) is 32.1 Å². The molecule has 1 aliphatic carbocycles. The van der Waals surface area contributed by atoms with Gasteiger partial charge in [0.1, 0.15) is 17.7 Å². The third kappa shape index (κ3) is 10.4. The van der Waals surface area contributed by atoms with Gasteiger partial charge in [-0.05, 0) is 67.4 Å². The highest BCUT2D eigenvalue weighted by molar-refractivity contribution is 5.86. The van der Waals surface area contributed by atoms with Crippen molar-refractivity contribution in [2.24, 2.45) is 11.8 Å². The molecule has 49 heavy (non-hydrogen) atoms. The van der Waals surface area contributed by atoms with Crippen LogP contribution in [0.1, 0.15) is 121 Å². The van der Waals surface area contributed by atoms with Gasteiger partial charge in [0.2, 0.25) is 11.8 Å². The molecule has 268 valence electrons. The van der Waals surface area contributed by atoms with E-state index in [-0.39, 0.29) is 17.7 Å². The third-order valence-electron chi connectivity index (χ3n) is 9.44. The third-order valence-corrected chi connectivity index (χ3v) is 9.44. The van der Waals surface area contributed by atoms with Crippen LogP contribution in [-0.4, -0.2) is 73.9 Å². The van der Waals surface area contributed by atoms with Gasteiger partial charge in [-0.25, -0.2) is 14.8 Å². The lowest BCUT2D eigenvalue weighted by Crippen LogP contribution is -2.51. The summed E-state index contributed by atoms with van der Waals surface area (Å²) >= 11 is 0. The van der Waals surface area contributed by atoms with E-state index in [1.54, 1.807) is 4.90 Å². The molecule has 1 saturated carbocycles. The number of alkyl carbamates (subject to hydrolysis) is 1. The zero-order valence-electron chi connectivity index (χ0n) is 30.6. The number of carbonyl (C=O) groups excluding carboxylic acids is 3. The maximum Gasteiger partial charge on any atom is 0.407 e. The number of methoxy groups -OCH3 is 1. The first kappa shape index (κ1) is 37.7. The number of ether oxygens (including phenoxy) is 1. The molecule has 3 aromatic rings. The molecule has 4 rings (SSSR count). The zero-order chi connectivity index (χ0) is 35.5. The summed E-state index contributed by atoms with van der Waals surface area (Å²) in [6.45, 7) is 14.3. The number of nitrogens with one attached hydrogen (secondary N) is 3. The Morgan fingerprint density at radius 2 is 1.45 bits per heavy atom. The average molecular weight is 676 g/mol. The monoisotopic (exact) mass is 675 g/mol. The van der Waals surface area contributed by atoms with E-state index in [1.807, 2.05) is 38.1 Å². The van der Waals surface area contributed by atoms with Crippen LogP contribution in [0.5, 0.6) is 0 Å². The highest BCUT2D eigenvalue weighted by Gasteiger charge is 2.30. The number of nitrogens with zero attached hydrogens (tertiary/aromatic N) is 4. The van der Waals surface area contributed by atoms with E-state index >= 15 is 0 Å². The fourth-order valence-electron chi connectivity index (χ4n) is 6.76. The Bertz CT molecular complexity index is 1490. The lowest BCUT2D eigenvalue weighted by Gasteiger charge is -2.28. The predicted molar refractivity (Wildman–Crippen MR) is 192 cm³/mol. The van der Waals surface area contributed by atoms with Gasteiger partial charge in [-0.3, -0.25) is 9.59 Å². The Hall–Kier alpha value is -4.15. The summed E-state index contributed by atoms with van der Waals surface area (Å²) in [6, 6.07) is 8.06. The number of carbonyl (C=O) groups is 3. The molecule has 11 heteroatoms. The van der Waals surface area contributed by atoms with Crippen LogP contribution in [0.15, 0.2) is 36.7 Å². The molecule has 0 bridgehead atoms. The van der Waals surface area contributed by atoms with Crippen LogP contribution < -0.4 is 5.32 Å². The predicted octanol–water partition coefficient (Wildman–Crippen LogP) is 7.15. The largest absolute Gasteiger partial charge is 0.453 e. The summed E-state index contributed by atoms with van der Waals surface area (Å²) in [5.41, 5.74) is 4.49. The zero-order valence-corrected chi connectivity index (χ0v) is 30.6. The summed E-state index contributed by atoms with van der Waals surface area (Å²) in [5, 5.41) is 2.68. The van der Waals surface area contributed by atoms with Gasteiger partial charge in [0, 0.05) is 37.3 Å². The topological polar surface area (TPSA) is 136 Å².